The highest BCUT2D eigenvalue weighted by molar-refractivity contribution is 6.36. The van der Waals surface area contributed by atoms with Crippen molar-refractivity contribution in [1.29, 1.82) is 0 Å². The molecule has 0 radical (unpaired) electrons. The maximum absolute atomic E-state index is 13.4. The van der Waals surface area contributed by atoms with E-state index < -0.39 is 6.04 Å². The Balaban J connectivity index is 1.10. The van der Waals surface area contributed by atoms with Gasteiger partial charge in [-0.2, -0.15) is 0 Å². The SMILES string of the molecule is COc1cc(OC2CCc3c(-c4cccc(NC(=O)c5nc6c(n5C)CCN(C)C6)c4Cl)cccc32)c(Cl)cc1CNC1CONC1=O. The molecule has 0 bridgehead atoms. The summed E-state index contributed by atoms with van der Waals surface area (Å²) in [5.41, 5.74) is 9.68. The topological polar surface area (TPSA) is 119 Å². The van der Waals surface area contributed by atoms with Crippen LogP contribution in [0.5, 0.6) is 11.5 Å². The molecule has 2 aliphatic heterocycles. The van der Waals surface area contributed by atoms with Crippen molar-refractivity contribution in [2.24, 2.45) is 7.05 Å². The molecular formula is C35H36Cl2N6O5. The summed E-state index contributed by atoms with van der Waals surface area (Å²) >= 11 is 13.7. The Morgan fingerprint density at radius 2 is 1.92 bits per heavy atom. The molecule has 7 rings (SSSR count). The molecule has 0 spiro atoms. The number of ether oxygens (including phenoxy) is 2. The second-order valence-corrected chi connectivity index (χ2v) is 13.1. The largest absolute Gasteiger partial charge is 0.496 e. The number of hydrogen-bond acceptors (Lipinski definition) is 8. The summed E-state index contributed by atoms with van der Waals surface area (Å²) in [5, 5.41) is 7.07. The fourth-order valence-electron chi connectivity index (χ4n) is 6.74. The first kappa shape index (κ1) is 32.4. The van der Waals surface area contributed by atoms with Gasteiger partial charge in [0.05, 0.1) is 35.1 Å². The first-order chi connectivity index (χ1) is 23.2. The number of imidazole rings is 1. The standard InChI is InChI=1S/C35H36Cl2N6O5/c1-42-13-12-28-26(17-42)39-33(43(28)2)35(45)40-25-9-5-8-23(32(25)37)20-6-4-7-22-21(20)10-11-29(22)48-31-15-30(46-3)19(14-24(31)36)16-38-27-18-47-41-34(27)44/h4-9,14-15,27,29,38H,10-13,16-18H2,1-3H3,(H,40,45)(H,41,44). The van der Waals surface area contributed by atoms with E-state index in [2.05, 4.69) is 39.1 Å². The lowest BCUT2D eigenvalue weighted by Crippen LogP contribution is -2.37. The molecule has 4 aromatic rings. The van der Waals surface area contributed by atoms with Gasteiger partial charge in [0.1, 0.15) is 23.6 Å². The lowest BCUT2D eigenvalue weighted by atomic mass is 9.96. The second-order valence-electron chi connectivity index (χ2n) is 12.3. The Hall–Kier alpha value is -4.13. The Morgan fingerprint density at radius 3 is 2.71 bits per heavy atom. The van der Waals surface area contributed by atoms with E-state index >= 15 is 0 Å². The number of aromatic nitrogens is 2. The van der Waals surface area contributed by atoms with Crippen LogP contribution in [0.2, 0.25) is 10.0 Å². The number of hydrogen-bond donors (Lipinski definition) is 3. The van der Waals surface area contributed by atoms with Gasteiger partial charge >= 0.3 is 0 Å². The number of nitrogens with zero attached hydrogens (tertiary/aromatic N) is 3. The zero-order valence-electron chi connectivity index (χ0n) is 26.9. The monoisotopic (exact) mass is 690 g/mol. The number of amides is 2. The lowest BCUT2D eigenvalue weighted by molar-refractivity contribution is -0.125. The molecule has 1 saturated heterocycles. The molecule has 48 heavy (non-hydrogen) atoms. The summed E-state index contributed by atoms with van der Waals surface area (Å²) < 4.78 is 14.0. The fourth-order valence-corrected chi connectivity index (χ4v) is 7.25. The van der Waals surface area contributed by atoms with Crippen molar-refractivity contribution in [3.05, 3.63) is 92.5 Å². The van der Waals surface area contributed by atoms with Crippen LogP contribution >= 0.6 is 23.2 Å². The minimum atomic E-state index is -0.451. The number of carbonyl (C=O) groups is 2. The van der Waals surface area contributed by atoms with Gasteiger partial charge in [0.2, 0.25) is 0 Å². The van der Waals surface area contributed by atoms with E-state index in [9.17, 15) is 9.59 Å². The molecule has 3 aliphatic rings. The number of methoxy groups -OCH3 is 1. The van der Waals surface area contributed by atoms with Gasteiger partial charge in [0.25, 0.3) is 11.8 Å². The molecule has 1 aromatic heterocycles. The first-order valence-electron chi connectivity index (χ1n) is 15.8. The summed E-state index contributed by atoms with van der Waals surface area (Å²) in [6, 6.07) is 14.9. The van der Waals surface area contributed by atoms with Crippen LogP contribution in [0.25, 0.3) is 11.1 Å². The zero-order chi connectivity index (χ0) is 33.5. The molecule has 2 atom stereocenters. The Morgan fingerprint density at radius 1 is 1.10 bits per heavy atom. The Bertz CT molecular complexity index is 1910. The van der Waals surface area contributed by atoms with Gasteiger partial charge in [-0.05, 0) is 48.7 Å². The second kappa shape index (κ2) is 13.4. The van der Waals surface area contributed by atoms with E-state index in [-0.39, 0.29) is 24.5 Å². The van der Waals surface area contributed by atoms with Crippen LogP contribution in [-0.4, -0.2) is 59.6 Å². The van der Waals surface area contributed by atoms with E-state index in [1.54, 1.807) is 25.3 Å². The Labute approximate surface area is 288 Å². The number of halogens is 2. The van der Waals surface area contributed by atoms with Crippen molar-refractivity contribution in [3.8, 4) is 22.6 Å². The number of nitrogens with one attached hydrogen (secondary N) is 3. The van der Waals surface area contributed by atoms with Crippen molar-refractivity contribution < 1.29 is 23.9 Å². The van der Waals surface area contributed by atoms with Gasteiger partial charge < -0.3 is 24.3 Å². The maximum atomic E-state index is 13.4. The quantitative estimate of drug-likeness (QED) is 0.219. The van der Waals surface area contributed by atoms with Crippen LogP contribution in [-0.2, 0) is 42.6 Å². The van der Waals surface area contributed by atoms with Crippen LogP contribution in [0.3, 0.4) is 0 Å². The van der Waals surface area contributed by atoms with Gasteiger partial charge in [-0.25, -0.2) is 10.5 Å². The van der Waals surface area contributed by atoms with Gasteiger partial charge in [0, 0.05) is 56.0 Å². The summed E-state index contributed by atoms with van der Waals surface area (Å²) in [5.74, 6) is 0.956. The molecule has 3 N–H and O–H groups in total. The third-order valence-electron chi connectivity index (χ3n) is 9.28. The molecular weight excluding hydrogens is 655 g/mol. The van der Waals surface area contributed by atoms with Gasteiger partial charge in [-0.3, -0.25) is 19.7 Å². The normalized spacial score (nSPS) is 18.7. The van der Waals surface area contributed by atoms with Crippen molar-refractivity contribution in [2.75, 3.05) is 32.6 Å². The van der Waals surface area contributed by atoms with Crippen molar-refractivity contribution in [2.45, 2.75) is 44.5 Å². The maximum Gasteiger partial charge on any atom is 0.291 e. The van der Waals surface area contributed by atoms with Crippen LogP contribution < -0.4 is 25.6 Å². The minimum Gasteiger partial charge on any atom is -0.496 e. The third-order valence-corrected chi connectivity index (χ3v) is 9.99. The Kier molecular flexibility index (Phi) is 9.06. The number of benzene rings is 3. The molecule has 0 saturated carbocycles. The third kappa shape index (κ3) is 6.12. The van der Waals surface area contributed by atoms with Crippen molar-refractivity contribution >= 4 is 40.7 Å². The highest BCUT2D eigenvalue weighted by atomic mass is 35.5. The predicted octanol–water partition coefficient (Wildman–Crippen LogP) is 5.23. The van der Waals surface area contributed by atoms with Crippen LogP contribution in [0.15, 0.2) is 48.5 Å². The number of hydroxylamine groups is 1. The number of likely N-dealkylation sites (N-methyl/N-ethyl adjacent to an activating group) is 1. The molecule has 3 heterocycles. The van der Waals surface area contributed by atoms with E-state index in [4.69, 9.17) is 37.5 Å². The number of anilines is 1. The average molecular weight is 692 g/mol. The molecule has 250 valence electrons. The van der Waals surface area contributed by atoms with Crippen molar-refractivity contribution in [3.63, 3.8) is 0 Å². The smallest absolute Gasteiger partial charge is 0.291 e. The molecule has 13 heteroatoms. The van der Waals surface area contributed by atoms with E-state index in [0.29, 0.717) is 39.6 Å². The predicted molar refractivity (Wildman–Crippen MR) is 183 cm³/mol. The highest BCUT2D eigenvalue weighted by Gasteiger charge is 2.30. The number of carbonyl (C=O) groups excluding carboxylic acids is 2. The van der Waals surface area contributed by atoms with Gasteiger partial charge in [0.15, 0.2) is 5.82 Å². The summed E-state index contributed by atoms with van der Waals surface area (Å²) in [4.78, 5) is 37.1. The highest BCUT2D eigenvalue weighted by Crippen LogP contribution is 2.45. The van der Waals surface area contributed by atoms with Crippen LogP contribution in [0.4, 0.5) is 5.69 Å². The van der Waals surface area contributed by atoms with E-state index in [0.717, 1.165) is 71.6 Å². The molecule has 1 aliphatic carbocycles. The number of rotatable bonds is 9. The van der Waals surface area contributed by atoms with Crippen molar-refractivity contribution in [1.82, 2.24) is 25.2 Å². The molecule has 3 aromatic carbocycles. The van der Waals surface area contributed by atoms with Crippen LogP contribution in [0.1, 0.15) is 51.2 Å². The van der Waals surface area contributed by atoms with E-state index in [1.165, 1.54) is 0 Å². The summed E-state index contributed by atoms with van der Waals surface area (Å²) in [6.45, 7) is 2.26. The minimum absolute atomic E-state index is 0.215. The lowest BCUT2D eigenvalue weighted by Gasteiger charge is -2.21. The molecule has 2 amide bonds. The van der Waals surface area contributed by atoms with Gasteiger partial charge in [-0.1, -0.05) is 53.5 Å². The summed E-state index contributed by atoms with van der Waals surface area (Å²) in [6.07, 6.45) is 2.14. The summed E-state index contributed by atoms with van der Waals surface area (Å²) in [7, 11) is 5.53. The fraction of sp³-hybridized carbons (Fsp3) is 0.343. The first-order valence-corrected chi connectivity index (χ1v) is 16.6. The zero-order valence-corrected chi connectivity index (χ0v) is 28.4. The molecule has 2 unspecified atom stereocenters. The van der Waals surface area contributed by atoms with Gasteiger partial charge in [-0.15, -0.1) is 0 Å². The average Bonchev–Trinajstić information content (AvgIpc) is 3.78. The number of fused-ring (bicyclic) bond motifs is 2. The molecule has 11 nitrogen and oxygen atoms in total. The molecule has 1 fully saturated rings. The van der Waals surface area contributed by atoms with Crippen LogP contribution in [0, 0.1) is 0 Å². The van der Waals surface area contributed by atoms with E-state index in [1.807, 2.05) is 35.9 Å².